The molecule has 3 rings (SSSR count). The quantitative estimate of drug-likeness (QED) is 0.804. The number of fused-ring (bicyclic) bond motifs is 1. The summed E-state index contributed by atoms with van der Waals surface area (Å²) in [7, 11) is 0. The second kappa shape index (κ2) is 5.74. The van der Waals surface area contributed by atoms with E-state index in [2.05, 4.69) is 19.9 Å². The predicted octanol–water partition coefficient (Wildman–Crippen LogP) is 3.34. The Morgan fingerprint density at radius 2 is 2.14 bits per heavy atom. The second-order valence-electron chi connectivity index (χ2n) is 5.06. The summed E-state index contributed by atoms with van der Waals surface area (Å²) in [5, 5.41) is 10.4. The number of H-pyrrole nitrogens is 1. The molecule has 0 bridgehead atoms. The molecular formula is C16H14ClN5. The Morgan fingerprint density at radius 1 is 1.32 bits per heavy atom. The Bertz CT molecular complexity index is 874. The highest BCUT2D eigenvalue weighted by Gasteiger charge is 2.14. The molecule has 6 heteroatoms. The lowest BCUT2D eigenvalue weighted by molar-refractivity contribution is 0.954. The van der Waals surface area contributed by atoms with Gasteiger partial charge in [-0.2, -0.15) is 5.26 Å². The number of pyridine rings is 1. The van der Waals surface area contributed by atoms with Crippen LogP contribution in [0.4, 0.5) is 0 Å². The van der Waals surface area contributed by atoms with Gasteiger partial charge >= 0.3 is 0 Å². The van der Waals surface area contributed by atoms with Gasteiger partial charge in [0.05, 0.1) is 16.1 Å². The minimum Gasteiger partial charge on any atom is -0.342 e. The maximum absolute atomic E-state index is 8.77. The highest BCUT2D eigenvalue weighted by molar-refractivity contribution is 6.36. The van der Waals surface area contributed by atoms with E-state index in [-0.39, 0.29) is 0 Å². The molecule has 0 saturated carbocycles. The molecule has 0 aliphatic carbocycles. The van der Waals surface area contributed by atoms with Crippen LogP contribution in [0.1, 0.15) is 35.4 Å². The highest BCUT2D eigenvalue weighted by atomic mass is 35.5. The van der Waals surface area contributed by atoms with Crippen LogP contribution in [0.2, 0.25) is 5.02 Å². The van der Waals surface area contributed by atoms with Crippen LogP contribution in [-0.2, 0) is 12.8 Å². The molecule has 0 aliphatic heterocycles. The lowest BCUT2D eigenvalue weighted by Gasteiger charge is -2.03. The summed E-state index contributed by atoms with van der Waals surface area (Å²) in [5.41, 5.74) is 3.98. The van der Waals surface area contributed by atoms with Crippen LogP contribution in [0.15, 0.2) is 18.3 Å². The van der Waals surface area contributed by atoms with Gasteiger partial charge in [-0.3, -0.25) is 0 Å². The van der Waals surface area contributed by atoms with Gasteiger partial charge in [-0.1, -0.05) is 24.6 Å². The molecule has 0 amide bonds. The fourth-order valence-corrected chi connectivity index (χ4v) is 2.84. The van der Waals surface area contributed by atoms with Crippen molar-refractivity contribution < 1.29 is 0 Å². The van der Waals surface area contributed by atoms with E-state index < -0.39 is 0 Å². The molecule has 5 nitrogen and oxygen atoms in total. The van der Waals surface area contributed by atoms with E-state index in [0.29, 0.717) is 23.0 Å². The number of halogens is 1. The molecule has 0 atom stereocenters. The summed E-state index contributed by atoms with van der Waals surface area (Å²) < 4.78 is 0. The molecule has 110 valence electrons. The van der Waals surface area contributed by atoms with Gasteiger partial charge in [0.1, 0.15) is 23.2 Å². The molecule has 3 aromatic rings. The summed E-state index contributed by atoms with van der Waals surface area (Å²) in [5.74, 6) is 0.706. The number of nitrogens with one attached hydrogen (secondary N) is 1. The number of aromatic nitrogens is 4. The molecule has 22 heavy (non-hydrogen) atoms. The van der Waals surface area contributed by atoms with E-state index in [9.17, 15) is 0 Å². The van der Waals surface area contributed by atoms with Gasteiger partial charge < -0.3 is 4.98 Å². The van der Waals surface area contributed by atoms with E-state index in [1.54, 1.807) is 12.3 Å². The molecule has 3 heterocycles. The van der Waals surface area contributed by atoms with Crippen LogP contribution in [0.5, 0.6) is 0 Å². The lowest BCUT2D eigenvalue weighted by Crippen LogP contribution is -2.00. The van der Waals surface area contributed by atoms with Crippen molar-refractivity contribution in [2.24, 2.45) is 0 Å². The van der Waals surface area contributed by atoms with Crippen LogP contribution in [0, 0.1) is 18.3 Å². The summed E-state index contributed by atoms with van der Waals surface area (Å²) >= 11 is 6.36. The summed E-state index contributed by atoms with van der Waals surface area (Å²) in [6.45, 7) is 3.98. The smallest absolute Gasteiger partial charge is 0.143 e. The minimum absolute atomic E-state index is 0.403. The van der Waals surface area contributed by atoms with Crippen LogP contribution in [0.3, 0.4) is 0 Å². The Morgan fingerprint density at radius 3 is 2.77 bits per heavy atom. The zero-order valence-corrected chi connectivity index (χ0v) is 13.1. The molecule has 0 saturated heterocycles. The van der Waals surface area contributed by atoms with Crippen LogP contribution in [-0.4, -0.2) is 19.9 Å². The summed E-state index contributed by atoms with van der Waals surface area (Å²) in [4.78, 5) is 16.4. The maximum Gasteiger partial charge on any atom is 0.143 e. The normalized spacial score (nSPS) is 10.8. The van der Waals surface area contributed by atoms with Gasteiger partial charge in [-0.05, 0) is 25.0 Å². The molecule has 1 N–H and O–H groups in total. The van der Waals surface area contributed by atoms with Crippen molar-refractivity contribution in [1.29, 1.82) is 5.26 Å². The predicted molar refractivity (Wildman–Crippen MR) is 84.8 cm³/mol. The zero-order chi connectivity index (χ0) is 15.7. The van der Waals surface area contributed by atoms with E-state index in [4.69, 9.17) is 16.9 Å². The molecule has 0 aromatic carbocycles. The van der Waals surface area contributed by atoms with Crippen LogP contribution in [0.25, 0.3) is 11.0 Å². The first kappa shape index (κ1) is 14.5. The van der Waals surface area contributed by atoms with E-state index in [0.717, 1.165) is 34.4 Å². The van der Waals surface area contributed by atoms with E-state index in [1.165, 1.54) is 0 Å². The number of hydrogen-bond acceptors (Lipinski definition) is 4. The van der Waals surface area contributed by atoms with Gasteiger partial charge in [0.25, 0.3) is 0 Å². The standard InChI is InChI=1S/C16H14ClN5/c1-3-12-15(17)14-9(2)20-13(22-16(14)21-12)6-10-4-5-11(7-18)19-8-10/h4-5,8H,3,6H2,1-2H3,(H,20,21,22). The third-order valence-electron chi connectivity index (χ3n) is 3.55. The van der Waals surface area contributed by atoms with Crippen molar-refractivity contribution in [1.82, 2.24) is 19.9 Å². The molecule has 0 aliphatic rings. The largest absolute Gasteiger partial charge is 0.342 e. The van der Waals surface area contributed by atoms with Crippen LogP contribution >= 0.6 is 11.6 Å². The summed E-state index contributed by atoms with van der Waals surface area (Å²) in [6.07, 6.45) is 3.07. The first-order valence-electron chi connectivity index (χ1n) is 7.01. The van der Waals surface area contributed by atoms with Gasteiger partial charge in [-0.25, -0.2) is 15.0 Å². The average molecular weight is 312 g/mol. The van der Waals surface area contributed by atoms with Gasteiger partial charge in [0, 0.05) is 18.3 Å². The SMILES string of the molecule is CCc1[nH]c2nc(Cc3ccc(C#N)nc3)nc(C)c2c1Cl. The monoisotopic (exact) mass is 311 g/mol. The molecule has 3 aromatic heterocycles. The van der Waals surface area contributed by atoms with Crippen LogP contribution < -0.4 is 0 Å². The van der Waals surface area contributed by atoms with Crippen molar-refractivity contribution in [3.05, 3.63) is 51.8 Å². The Kier molecular flexibility index (Phi) is 3.78. The molecule has 0 spiro atoms. The van der Waals surface area contributed by atoms with Gasteiger partial charge in [0.2, 0.25) is 0 Å². The first-order chi connectivity index (χ1) is 10.6. The molecule has 0 radical (unpaired) electrons. The first-order valence-corrected chi connectivity index (χ1v) is 7.38. The average Bonchev–Trinajstić information content (AvgIpc) is 2.84. The summed E-state index contributed by atoms with van der Waals surface area (Å²) in [6, 6.07) is 5.57. The van der Waals surface area contributed by atoms with Crippen molar-refractivity contribution in [2.45, 2.75) is 26.7 Å². The van der Waals surface area contributed by atoms with Gasteiger partial charge in [0.15, 0.2) is 0 Å². The molecular weight excluding hydrogens is 298 g/mol. The Labute approximate surface area is 133 Å². The minimum atomic E-state index is 0.403. The number of rotatable bonds is 3. The second-order valence-corrected chi connectivity index (χ2v) is 5.44. The lowest BCUT2D eigenvalue weighted by atomic mass is 10.2. The topological polar surface area (TPSA) is 78.2 Å². The highest BCUT2D eigenvalue weighted by Crippen LogP contribution is 2.28. The van der Waals surface area contributed by atoms with E-state index >= 15 is 0 Å². The number of aromatic amines is 1. The fourth-order valence-electron chi connectivity index (χ4n) is 2.43. The van der Waals surface area contributed by atoms with Gasteiger partial charge in [-0.15, -0.1) is 0 Å². The Hall–Kier alpha value is -2.45. The molecule has 0 unspecified atom stereocenters. The Balaban J connectivity index is 1.99. The number of aryl methyl sites for hydroxylation is 2. The maximum atomic E-state index is 8.77. The third kappa shape index (κ3) is 2.53. The number of nitriles is 1. The number of hydrogen-bond donors (Lipinski definition) is 1. The van der Waals surface area contributed by atoms with Crippen molar-refractivity contribution in [3.8, 4) is 6.07 Å². The van der Waals surface area contributed by atoms with Crippen molar-refractivity contribution in [2.75, 3.05) is 0 Å². The molecule has 0 fully saturated rings. The third-order valence-corrected chi connectivity index (χ3v) is 3.96. The number of nitrogens with zero attached hydrogens (tertiary/aromatic N) is 4. The fraction of sp³-hybridized carbons (Fsp3) is 0.250. The van der Waals surface area contributed by atoms with Crippen molar-refractivity contribution in [3.63, 3.8) is 0 Å². The zero-order valence-electron chi connectivity index (χ0n) is 12.3. The van der Waals surface area contributed by atoms with E-state index in [1.807, 2.05) is 26.0 Å². The van der Waals surface area contributed by atoms with Crippen molar-refractivity contribution >= 4 is 22.6 Å².